The Morgan fingerprint density at radius 1 is 1.21 bits per heavy atom. The average molecular weight is 413 g/mol. The maximum atomic E-state index is 12.1. The van der Waals surface area contributed by atoms with Crippen molar-refractivity contribution in [1.29, 1.82) is 0 Å². The van der Waals surface area contributed by atoms with E-state index in [2.05, 4.69) is 16.3 Å². The summed E-state index contributed by atoms with van der Waals surface area (Å²) in [7, 11) is 0. The summed E-state index contributed by atoms with van der Waals surface area (Å²) in [5.74, 6) is 8.47. The van der Waals surface area contributed by atoms with Crippen LogP contribution in [-0.2, 0) is 12.2 Å². The van der Waals surface area contributed by atoms with Crippen molar-refractivity contribution in [3.63, 3.8) is 0 Å². The van der Waals surface area contributed by atoms with Crippen LogP contribution in [0.3, 0.4) is 0 Å². The fourth-order valence-electron chi connectivity index (χ4n) is 4.17. The van der Waals surface area contributed by atoms with Gasteiger partial charge in [0, 0.05) is 23.6 Å². The van der Waals surface area contributed by atoms with Gasteiger partial charge in [0.1, 0.15) is 5.58 Å². The van der Waals surface area contributed by atoms with Gasteiger partial charge in [-0.15, -0.1) is 10.2 Å². The fraction of sp³-hybridized carbons (Fsp3) is 0.500. The first-order chi connectivity index (χ1) is 14.0. The molecule has 0 atom stereocenters. The third kappa shape index (κ3) is 4.34. The second kappa shape index (κ2) is 8.61. The number of nitrogens with two attached hydrogens (primary N) is 1. The number of benzene rings is 1. The molecule has 1 fully saturated rings. The molecule has 0 unspecified atom stereocenters. The Morgan fingerprint density at radius 3 is 2.79 bits per heavy atom. The molecule has 1 aliphatic carbocycles. The van der Waals surface area contributed by atoms with Crippen molar-refractivity contribution in [1.82, 2.24) is 14.9 Å². The summed E-state index contributed by atoms with van der Waals surface area (Å²) in [6, 6.07) is 5.63. The molecule has 29 heavy (non-hydrogen) atoms. The first kappa shape index (κ1) is 20.0. The predicted molar refractivity (Wildman–Crippen MR) is 117 cm³/mol. The maximum absolute atomic E-state index is 12.1. The van der Waals surface area contributed by atoms with Gasteiger partial charge in [0.15, 0.2) is 5.82 Å². The largest absolute Gasteiger partial charge is 0.422 e. The molecule has 0 aliphatic heterocycles. The molecular formula is C22H28N4O2S. The lowest BCUT2D eigenvalue weighted by atomic mass is 9.86. The number of rotatable bonds is 6. The van der Waals surface area contributed by atoms with Gasteiger partial charge in [-0.2, -0.15) is 0 Å². The Balaban J connectivity index is 1.48. The van der Waals surface area contributed by atoms with Gasteiger partial charge in [-0.05, 0) is 42.9 Å². The van der Waals surface area contributed by atoms with Gasteiger partial charge in [0.25, 0.3) is 0 Å². The molecule has 0 saturated heterocycles. The van der Waals surface area contributed by atoms with Gasteiger partial charge in [0.2, 0.25) is 5.16 Å². The van der Waals surface area contributed by atoms with Crippen LogP contribution in [0.4, 0.5) is 0 Å². The number of aryl methyl sites for hydroxylation is 3. The zero-order valence-electron chi connectivity index (χ0n) is 17.1. The summed E-state index contributed by atoms with van der Waals surface area (Å²) in [5.41, 5.74) is 3.36. The smallest absolute Gasteiger partial charge is 0.336 e. The minimum atomic E-state index is -0.329. The third-order valence-electron chi connectivity index (χ3n) is 6.11. The fourth-order valence-corrected chi connectivity index (χ4v) is 5.04. The zero-order valence-corrected chi connectivity index (χ0v) is 17.9. The molecule has 2 aromatic heterocycles. The first-order valence-corrected chi connectivity index (χ1v) is 11.4. The maximum Gasteiger partial charge on any atom is 0.336 e. The predicted octanol–water partition coefficient (Wildman–Crippen LogP) is 4.52. The van der Waals surface area contributed by atoms with Crippen molar-refractivity contribution in [3.8, 4) is 0 Å². The van der Waals surface area contributed by atoms with Gasteiger partial charge in [-0.1, -0.05) is 56.0 Å². The van der Waals surface area contributed by atoms with Gasteiger partial charge >= 0.3 is 5.63 Å². The Kier molecular flexibility index (Phi) is 5.94. The molecule has 2 heterocycles. The first-order valence-electron chi connectivity index (χ1n) is 10.4. The number of nitrogens with zero attached hydrogens (tertiary/aromatic N) is 3. The average Bonchev–Trinajstić information content (AvgIpc) is 3.08. The van der Waals surface area contributed by atoms with Crippen LogP contribution in [0.25, 0.3) is 11.0 Å². The molecule has 4 rings (SSSR count). The summed E-state index contributed by atoms with van der Waals surface area (Å²) in [4.78, 5) is 12.1. The Morgan fingerprint density at radius 2 is 2.00 bits per heavy atom. The highest BCUT2D eigenvalue weighted by atomic mass is 32.2. The third-order valence-corrected chi connectivity index (χ3v) is 7.10. The SMILES string of the molecule is Cc1ccc2c(CSc3nnc(CCC4CCCCC4)n3N)cc(=O)oc2c1C. The van der Waals surface area contributed by atoms with E-state index >= 15 is 0 Å². The topological polar surface area (TPSA) is 86.9 Å². The van der Waals surface area contributed by atoms with Crippen molar-refractivity contribution in [3.05, 3.63) is 51.1 Å². The van der Waals surface area contributed by atoms with Crippen molar-refractivity contribution >= 4 is 22.7 Å². The van der Waals surface area contributed by atoms with E-state index in [-0.39, 0.29) is 5.63 Å². The van der Waals surface area contributed by atoms with E-state index in [0.29, 0.717) is 16.5 Å². The summed E-state index contributed by atoms with van der Waals surface area (Å²) in [5, 5.41) is 10.2. The van der Waals surface area contributed by atoms with E-state index in [1.54, 1.807) is 10.7 Å². The van der Waals surface area contributed by atoms with Crippen LogP contribution in [-0.4, -0.2) is 14.9 Å². The van der Waals surface area contributed by atoms with Gasteiger partial charge in [-0.3, -0.25) is 0 Å². The monoisotopic (exact) mass is 412 g/mol. The zero-order chi connectivity index (χ0) is 20.4. The second-order valence-electron chi connectivity index (χ2n) is 8.08. The molecule has 2 N–H and O–H groups in total. The molecule has 3 aromatic rings. The number of fused-ring (bicyclic) bond motifs is 1. The number of thioether (sulfide) groups is 1. The normalized spacial score (nSPS) is 15.2. The second-order valence-corrected chi connectivity index (χ2v) is 9.02. The van der Waals surface area contributed by atoms with Crippen molar-refractivity contribution < 1.29 is 4.42 Å². The number of nitrogen functional groups attached to an aromatic ring is 1. The number of hydrogen-bond acceptors (Lipinski definition) is 6. The van der Waals surface area contributed by atoms with Crippen LogP contribution >= 0.6 is 11.8 Å². The molecule has 1 aliphatic rings. The molecule has 154 valence electrons. The van der Waals surface area contributed by atoms with Crippen LogP contribution in [0.15, 0.2) is 32.6 Å². The van der Waals surface area contributed by atoms with Gasteiger partial charge in [-0.25, -0.2) is 9.47 Å². The van der Waals surface area contributed by atoms with Crippen LogP contribution in [0.2, 0.25) is 0 Å². The number of aromatic nitrogens is 3. The highest BCUT2D eigenvalue weighted by molar-refractivity contribution is 7.98. The van der Waals surface area contributed by atoms with Crippen LogP contribution in [0, 0.1) is 19.8 Å². The molecule has 0 radical (unpaired) electrons. The lowest BCUT2D eigenvalue weighted by Gasteiger charge is -2.20. The van der Waals surface area contributed by atoms with E-state index in [1.165, 1.54) is 43.9 Å². The standard InChI is InChI=1S/C22H28N4O2S/c1-14-8-10-18-17(12-20(27)28-21(18)15(14)2)13-29-22-25-24-19(26(22)23)11-9-16-6-4-3-5-7-16/h8,10,12,16H,3-7,9,11,13,23H2,1-2H3. The lowest BCUT2D eigenvalue weighted by Crippen LogP contribution is -2.16. The van der Waals surface area contributed by atoms with Crippen molar-refractivity contribution in [2.45, 2.75) is 69.7 Å². The van der Waals surface area contributed by atoms with Crippen LogP contribution in [0.5, 0.6) is 0 Å². The quantitative estimate of drug-likeness (QED) is 0.364. The minimum Gasteiger partial charge on any atom is -0.422 e. The molecule has 0 bridgehead atoms. The summed E-state index contributed by atoms with van der Waals surface area (Å²) in [6.45, 7) is 3.99. The van der Waals surface area contributed by atoms with Gasteiger partial charge in [0.05, 0.1) is 0 Å². The molecule has 1 saturated carbocycles. The lowest BCUT2D eigenvalue weighted by molar-refractivity contribution is 0.336. The molecule has 0 amide bonds. The van der Waals surface area contributed by atoms with Crippen LogP contribution < -0.4 is 11.5 Å². The highest BCUT2D eigenvalue weighted by Crippen LogP contribution is 2.29. The minimum absolute atomic E-state index is 0.329. The highest BCUT2D eigenvalue weighted by Gasteiger charge is 2.17. The Labute approximate surface area is 174 Å². The van der Waals surface area contributed by atoms with Gasteiger partial charge < -0.3 is 10.3 Å². The molecule has 0 spiro atoms. The van der Waals surface area contributed by atoms with Crippen molar-refractivity contribution in [2.24, 2.45) is 5.92 Å². The van der Waals surface area contributed by atoms with Crippen LogP contribution in [0.1, 0.15) is 61.0 Å². The van der Waals surface area contributed by atoms with E-state index < -0.39 is 0 Å². The molecule has 1 aromatic carbocycles. The Bertz CT molecular complexity index is 1070. The van der Waals surface area contributed by atoms with Crippen molar-refractivity contribution in [2.75, 3.05) is 5.84 Å². The summed E-state index contributed by atoms with van der Waals surface area (Å²) in [6.07, 6.45) is 8.70. The summed E-state index contributed by atoms with van der Waals surface area (Å²) < 4.78 is 7.07. The number of hydrogen-bond donors (Lipinski definition) is 1. The van der Waals surface area contributed by atoms with E-state index in [9.17, 15) is 4.79 Å². The van der Waals surface area contributed by atoms with E-state index in [4.69, 9.17) is 10.3 Å². The molecule has 7 heteroatoms. The molecular weight excluding hydrogens is 384 g/mol. The van der Waals surface area contributed by atoms with E-state index in [1.807, 2.05) is 19.9 Å². The molecule has 6 nitrogen and oxygen atoms in total. The Hall–Kier alpha value is -2.28. The summed E-state index contributed by atoms with van der Waals surface area (Å²) >= 11 is 1.50. The van der Waals surface area contributed by atoms with E-state index in [0.717, 1.165) is 46.7 Å².